The van der Waals surface area contributed by atoms with E-state index in [-0.39, 0.29) is 37.8 Å². The number of aliphatic hydroxyl groups excluding tert-OH is 3. The molecule has 3 saturated heterocycles. The largest absolute Gasteiger partial charge is 0.468 e. The van der Waals surface area contributed by atoms with E-state index in [1.54, 1.807) is 25.1 Å². The molecule has 4 N–H and O–H groups in total. The van der Waals surface area contributed by atoms with Crippen LogP contribution in [0.25, 0.3) is 0 Å². The van der Waals surface area contributed by atoms with E-state index < -0.39 is 106 Å². The van der Waals surface area contributed by atoms with E-state index in [9.17, 15) is 43.9 Å². The maximum Gasteiger partial charge on any atom is 0.459 e. The van der Waals surface area contributed by atoms with Gasteiger partial charge in [-0.15, -0.1) is 35.7 Å². The number of hydrogen-bond donors (Lipinski definition) is 4. The summed E-state index contributed by atoms with van der Waals surface area (Å²) in [6, 6.07) is 6.99. The zero-order chi connectivity index (χ0) is 66.1. The van der Waals surface area contributed by atoms with Gasteiger partial charge in [-0.2, -0.15) is 5.09 Å². The van der Waals surface area contributed by atoms with Gasteiger partial charge in [0.25, 0.3) is 6.48 Å². The number of aliphatic hydroxyl groups is 3. The summed E-state index contributed by atoms with van der Waals surface area (Å²) >= 11 is 0. The first-order valence-electron chi connectivity index (χ1n) is 28.7. The topological polar surface area (TPSA) is 255 Å². The summed E-state index contributed by atoms with van der Waals surface area (Å²) in [5.41, 5.74) is 0. The Balaban J connectivity index is -0.000000200. The molecule has 2 amide bonds. The Bertz CT molecular complexity index is 1900. The maximum atomic E-state index is 13.6. The molecule has 0 radical (unpaired) electrons. The van der Waals surface area contributed by atoms with Crippen LogP contribution < -0.4 is 9.61 Å². The number of para-hydroxylation sites is 1. The van der Waals surface area contributed by atoms with E-state index in [2.05, 4.69) is 45.5 Å². The molecule has 366 valence electrons. The molecule has 0 aliphatic carbocycles. The molecular formula is C34H73N3O17P8. The van der Waals surface area contributed by atoms with E-state index in [1.807, 2.05) is 0 Å². The summed E-state index contributed by atoms with van der Waals surface area (Å²) in [5, 5.41) is 33.3. The molecule has 1 aromatic rings. The molecule has 9 unspecified atom stereocenters. The van der Waals surface area contributed by atoms with E-state index in [4.69, 9.17) is 62.4 Å². The first kappa shape index (κ1) is 40.2. The Morgan fingerprint density at radius 3 is 1.94 bits per heavy atom. The normalized spacial score (nSPS) is 32.5. The van der Waals surface area contributed by atoms with Crippen molar-refractivity contribution in [3.63, 3.8) is 0 Å². The van der Waals surface area contributed by atoms with E-state index in [0.717, 1.165) is 18.9 Å². The minimum atomic E-state index is -4.25. The minimum absolute atomic E-state index is 0.183. The monoisotopic (exact) mass is 1060 g/mol. The maximum absolute atomic E-state index is 13.6. The number of nitrogens with zero attached hydrogens (tertiary/aromatic N) is 2. The third kappa shape index (κ3) is 14.3. The number of carbonyl (C=O) groups excluding carboxylic acids is 5. The average molecular weight is 1060 g/mol. The number of benzene rings is 1. The van der Waals surface area contributed by atoms with Crippen molar-refractivity contribution in [2.45, 2.75) is 107 Å². The standard InChI is InChI=1S/C21H27N2O10P.C13H17NO7.H9P7.10H2/c1-12(21(28)30-3)22-34(29,33-15-7-5-4-6-8-15)32-13(2)19-17(26)18(27)20(31-19)23-10-9-14(24)11-16(23)25;1-6(15)9-10-11(21-13(18-2)20-10)12(19-9)14-4-3-7(16)5-8(14)17;1-5-7(4)6(2)3;;;;;;;;;;/h4-10,12-13,17-20,26-27H,11H2,1-3H3,(H,22,29);3-4,6,9-13,15H,5H2,1-2H3;5H,1-4H2;10*1H/t12-,13+,17-,18+,19+,20+,34?;6-,9?,10-,11-,12-,13?;;;;;;;;;;;/m01.........../s1/i;;;10*1+1D. The molecule has 0 aromatic heterocycles. The summed E-state index contributed by atoms with van der Waals surface area (Å²) in [6.45, 7) is 3.99. The van der Waals surface area contributed by atoms with Crippen LogP contribution in [0.3, 0.4) is 0 Å². The highest BCUT2D eigenvalue weighted by molar-refractivity contribution is 8.98. The highest BCUT2D eigenvalue weighted by Crippen LogP contribution is 2.92. The van der Waals surface area contributed by atoms with Crippen molar-refractivity contribution in [2.24, 2.45) is 0 Å². The van der Waals surface area contributed by atoms with Crippen LogP contribution in [0.15, 0.2) is 54.9 Å². The summed E-state index contributed by atoms with van der Waals surface area (Å²) in [5.74, 6) is -2.16. The second kappa shape index (κ2) is 24.7. The Kier molecular flexibility index (Phi) is 16.0. The van der Waals surface area contributed by atoms with Crippen LogP contribution in [0.5, 0.6) is 5.75 Å². The smallest absolute Gasteiger partial charge is 0.459 e. The third-order valence-electron chi connectivity index (χ3n) is 9.35. The number of amides is 2. The van der Waals surface area contributed by atoms with E-state index in [1.165, 1.54) is 63.6 Å². The van der Waals surface area contributed by atoms with Gasteiger partial charge in [0.1, 0.15) is 48.4 Å². The number of ether oxygens (including phenoxy) is 6. The fraction of sp³-hybridized carbons (Fsp3) is 0.559. The summed E-state index contributed by atoms with van der Waals surface area (Å²) in [4.78, 5) is 61.0. The molecular weight excluding hydrogens is 970 g/mol. The number of methoxy groups -OCH3 is 2. The minimum Gasteiger partial charge on any atom is -0.468 e. The predicted octanol–water partition coefficient (Wildman–Crippen LogP) is 5.69. The van der Waals surface area contributed by atoms with E-state index >= 15 is 0 Å². The molecule has 0 saturated carbocycles. The lowest BCUT2D eigenvalue weighted by Crippen LogP contribution is -2.46. The van der Waals surface area contributed by atoms with Crippen LogP contribution in [0.1, 0.15) is 63.3 Å². The van der Waals surface area contributed by atoms with Crippen LogP contribution in [-0.4, -0.2) is 142 Å². The van der Waals surface area contributed by atoms with Crippen molar-refractivity contribution in [2.75, 3.05) is 14.2 Å². The highest BCUT2D eigenvalue weighted by atomic mass is 33.0. The Morgan fingerprint density at radius 2 is 1.45 bits per heavy atom. The van der Waals surface area contributed by atoms with Crippen molar-refractivity contribution >= 4 is 94.7 Å². The lowest BCUT2D eigenvalue weighted by molar-refractivity contribution is -0.261. The van der Waals surface area contributed by atoms with Gasteiger partial charge in [0.15, 0.2) is 24.0 Å². The van der Waals surface area contributed by atoms with Gasteiger partial charge in [-0.05, 0) is 59.0 Å². The molecule has 0 bridgehead atoms. The van der Waals surface area contributed by atoms with Gasteiger partial charge in [0, 0.05) is 49.2 Å². The molecule has 6 rings (SSSR count). The zero-order valence-electron chi connectivity index (χ0n) is 54.1. The van der Waals surface area contributed by atoms with Gasteiger partial charge in [-0.25, -0.2) is 4.57 Å². The molecule has 5 aliphatic rings. The van der Waals surface area contributed by atoms with Crippen LogP contribution in [0, 0.1) is 0 Å². The fourth-order valence-corrected chi connectivity index (χ4v) is 24.2. The number of esters is 1. The van der Waals surface area contributed by atoms with Gasteiger partial charge in [0.05, 0.1) is 32.2 Å². The summed E-state index contributed by atoms with van der Waals surface area (Å²) in [7, 11) is 10.8. The van der Waals surface area contributed by atoms with Gasteiger partial charge in [0.2, 0.25) is 11.8 Å². The number of hydrogen-bond acceptors (Lipinski definition) is 17. The predicted molar refractivity (Wildman–Crippen MR) is 265 cm³/mol. The SMILES string of the molecule is COC(=O)[C@H](C)NP(=O)(Oc1ccccc1)O[C@H](C)[C@H]1O[C@@H](N2C=CC(=O)CC2=O)[C@H](O)[C@@H]1O.COC1O[C@@H]2[C@H](O1)C([C@@H](C)O)O[C@H]2N1C=CC(=O)CC1=O.PPP(P)P(P)P.[2H][2H].[2H][2H].[2H][2H].[2H][2H].[2H][2H].[2H][2H].[2H][2H].[2H][2H].[2H][2H].[2H][2H]. The third-order valence-corrected chi connectivity index (χ3v) is 41.6. The molecule has 62 heavy (non-hydrogen) atoms. The van der Waals surface area contributed by atoms with Gasteiger partial charge >= 0.3 is 13.7 Å². The second-order valence-corrected chi connectivity index (χ2v) is 37.7. The Hall–Kier alpha value is -0.910. The second-order valence-electron chi connectivity index (χ2n) is 13.9. The van der Waals surface area contributed by atoms with Crippen molar-refractivity contribution in [3.8, 4) is 5.75 Å². The zero-order valence-corrected chi connectivity index (χ0v) is 42.4. The van der Waals surface area contributed by atoms with Crippen molar-refractivity contribution in [1.29, 1.82) is 0 Å². The Morgan fingerprint density at radius 1 is 0.903 bits per heavy atom. The van der Waals surface area contributed by atoms with Crippen LogP contribution >= 0.6 is 65.4 Å². The Labute approximate surface area is 402 Å². The number of nitrogens with one attached hydrogen (secondary N) is 1. The van der Waals surface area contributed by atoms with Crippen LogP contribution in [0.2, 0.25) is 0 Å². The van der Waals surface area contributed by atoms with Crippen molar-refractivity contribution < 1.29 is 111 Å². The average Bonchev–Trinajstić information content (AvgIpc) is 4.31. The van der Waals surface area contributed by atoms with Crippen molar-refractivity contribution in [1.82, 2.24) is 14.9 Å². The molecule has 0 spiro atoms. The number of fused-ring (bicyclic) bond motifs is 1. The van der Waals surface area contributed by atoms with Crippen LogP contribution in [0.4, 0.5) is 0 Å². The number of carbonyl (C=O) groups is 5. The fourth-order valence-electron chi connectivity index (χ4n) is 6.34. The number of ketones is 2. The molecule has 19 atom stereocenters. The lowest BCUT2D eigenvalue weighted by atomic mass is 10.1. The highest BCUT2D eigenvalue weighted by Gasteiger charge is 2.57. The van der Waals surface area contributed by atoms with Gasteiger partial charge in [-0.3, -0.25) is 38.3 Å². The molecule has 28 heteroatoms. The molecule has 1 aromatic carbocycles. The first-order valence-corrected chi connectivity index (χ1v) is 32.1. The molecule has 20 nitrogen and oxygen atoms in total. The first-order chi connectivity index (χ1) is 39.2. The number of rotatable bonds is 14. The van der Waals surface area contributed by atoms with Gasteiger partial charge < -0.3 is 48.3 Å². The van der Waals surface area contributed by atoms with E-state index in [0.29, 0.717) is 0 Å². The van der Waals surface area contributed by atoms with Gasteiger partial charge in [-0.1, -0.05) is 26.2 Å². The quantitative estimate of drug-likeness (QED) is 0.0991. The van der Waals surface area contributed by atoms with Crippen molar-refractivity contribution in [3.05, 3.63) is 54.9 Å². The summed E-state index contributed by atoms with van der Waals surface area (Å²) < 4.78 is 157. The summed E-state index contributed by atoms with van der Waals surface area (Å²) in [6.07, 6.45) is -5.63. The number of allylic oxidation sites excluding steroid dienone is 2. The molecule has 3 fully saturated rings. The molecule has 5 heterocycles. The lowest BCUT2D eigenvalue weighted by Gasteiger charge is -2.30. The van der Waals surface area contributed by atoms with Crippen LogP contribution in [-0.2, 0) is 61.5 Å². The molecule has 5 aliphatic heterocycles.